The SMILES string of the molecule is Cl.Cl.[CH2]=[Zr]([C]1=CC=CC1)([c]1ccccc1)[c]1c(-c2ccccc2)ccc2c1Cc1ccccc1-2. The van der Waals surface area contributed by atoms with Gasteiger partial charge in [0, 0.05) is 0 Å². The third-order valence-electron chi connectivity index (χ3n) is 7.09. The Morgan fingerprint density at radius 1 is 0.647 bits per heavy atom. The summed E-state index contributed by atoms with van der Waals surface area (Å²) in [6.45, 7) is 0. The Hall–Kier alpha value is -2.31. The summed E-state index contributed by atoms with van der Waals surface area (Å²) in [5.41, 5.74) is 8.42. The summed E-state index contributed by atoms with van der Waals surface area (Å²) in [4.78, 5) is 0. The zero-order valence-electron chi connectivity index (χ0n) is 18.9. The fourth-order valence-corrected chi connectivity index (χ4v) is 15.4. The van der Waals surface area contributed by atoms with E-state index in [1.54, 1.807) is 6.55 Å². The van der Waals surface area contributed by atoms with Gasteiger partial charge < -0.3 is 0 Å². The van der Waals surface area contributed by atoms with Gasteiger partial charge >= 0.3 is 195 Å². The molecule has 0 aromatic heterocycles. The van der Waals surface area contributed by atoms with Gasteiger partial charge in [-0.15, -0.1) is 24.8 Å². The summed E-state index contributed by atoms with van der Waals surface area (Å²) < 4.78 is 9.79. The standard InChI is InChI=1S/C19H13.C6H5.C5H5.CH2.2ClH.Zr/c1-2-6-14(7-3-1)15-10-11-19-17(12-15)13-16-8-4-5-9-18(16)19;1-2-4-6-5-3-1;1-2-4-5-3-1;;;;/h1-11H,13H2;1-5H;1-3H,4H2;1H2;2*1H;. The molecule has 0 radical (unpaired) electrons. The number of hydrogen-bond acceptors (Lipinski definition) is 0. The van der Waals surface area contributed by atoms with Crippen LogP contribution in [-0.4, -0.2) is 4.21 Å². The van der Waals surface area contributed by atoms with Crippen LogP contribution in [0.3, 0.4) is 0 Å². The summed E-state index contributed by atoms with van der Waals surface area (Å²) in [5.74, 6) is 0. The molecule has 169 valence electrons. The summed E-state index contributed by atoms with van der Waals surface area (Å²) >= 11 is -3.46. The normalized spacial score (nSPS) is 14.8. The molecule has 0 aliphatic heterocycles. The monoisotopic (exact) mass is 559 g/mol. The number of hydrogen-bond donors (Lipinski definition) is 0. The van der Waals surface area contributed by atoms with Crippen molar-refractivity contribution in [3.63, 3.8) is 0 Å². The molecule has 3 heteroatoms. The summed E-state index contributed by atoms with van der Waals surface area (Å²) in [5, 5.41) is 0. The van der Waals surface area contributed by atoms with E-state index < -0.39 is 19.8 Å². The fraction of sp³-hybridized carbons (Fsp3) is 0.0645. The van der Waals surface area contributed by atoms with E-state index in [2.05, 4.69) is 115 Å². The van der Waals surface area contributed by atoms with Gasteiger partial charge in [0.2, 0.25) is 0 Å². The van der Waals surface area contributed by atoms with Crippen LogP contribution in [0, 0.1) is 0 Å². The third-order valence-corrected chi connectivity index (χ3v) is 17.4. The van der Waals surface area contributed by atoms with Gasteiger partial charge in [-0.05, 0) is 0 Å². The zero-order valence-corrected chi connectivity index (χ0v) is 23.0. The average Bonchev–Trinajstić information content (AvgIpc) is 3.53. The van der Waals surface area contributed by atoms with Crippen LogP contribution in [-0.2, 0) is 26.2 Å². The van der Waals surface area contributed by atoms with Gasteiger partial charge in [0.05, 0.1) is 0 Å². The Labute approximate surface area is 218 Å². The molecular formula is C31H27Cl2Zr. The number of benzene rings is 4. The minimum atomic E-state index is -3.46. The predicted molar refractivity (Wildman–Crippen MR) is 149 cm³/mol. The van der Waals surface area contributed by atoms with Crippen LogP contribution < -0.4 is 6.54 Å². The predicted octanol–water partition coefficient (Wildman–Crippen LogP) is 7.15. The Morgan fingerprint density at radius 3 is 2.00 bits per heavy atom. The number of halogens is 2. The fourth-order valence-electron chi connectivity index (χ4n) is 5.53. The Kier molecular flexibility index (Phi) is 7.39. The number of fused-ring (bicyclic) bond motifs is 3. The number of rotatable bonds is 4. The molecule has 0 saturated carbocycles. The second kappa shape index (κ2) is 10.1. The van der Waals surface area contributed by atoms with Gasteiger partial charge in [0.1, 0.15) is 0 Å². The molecular weight excluding hydrogens is 534 g/mol. The molecule has 0 heterocycles. The Balaban J connectivity index is 0.00000137. The average molecular weight is 562 g/mol. The molecule has 2 aliphatic carbocycles. The molecule has 2 aliphatic rings. The van der Waals surface area contributed by atoms with Crippen molar-refractivity contribution in [3.8, 4) is 22.3 Å². The van der Waals surface area contributed by atoms with E-state index in [-0.39, 0.29) is 24.8 Å². The molecule has 0 saturated heterocycles. The van der Waals surface area contributed by atoms with Crippen molar-refractivity contribution < 1.29 is 19.8 Å². The molecule has 1 unspecified atom stereocenters. The molecule has 1 atom stereocenters. The van der Waals surface area contributed by atoms with E-state index in [1.807, 2.05) is 0 Å². The van der Waals surface area contributed by atoms with Crippen LogP contribution in [0.1, 0.15) is 17.5 Å². The van der Waals surface area contributed by atoms with Crippen LogP contribution >= 0.6 is 24.8 Å². The Bertz CT molecular complexity index is 1430. The molecule has 0 N–H and O–H groups in total. The van der Waals surface area contributed by atoms with Crippen molar-refractivity contribution in [3.05, 3.63) is 130 Å². The first-order valence-corrected chi connectivity index (χ1v) is 16.8. The molecule has 6 rings (SSSR count). The van der Waals surface area contributed by atoms with Gasteiger partial charge in [0.15, 0.2) is 0 Å². The first-order chi connectivity index (χ1) is 15.8. The topological polar surface area (TPSA) is 0 Å². The van der Waals surface area contributed by atoms with Crippen molar-refractivity contribution in [2.45, 2.75) is 12.8 Å². The van der Waals surface area contributed by atoms with Crippen LogP contribution in [0.15, 0.2) is 119 Å². The van der Waals surface area contributed by atoms with Gasteiger partial charge in [0.25, 0.3) is 0 Å². The summed E-state index contributed by atoms with van der Waals surface area (Å²) in [7, 11) is 0. The van der Waals surface area contributed by atoms with Crippen LogP contribution in [0.25, 0.3) is 22.3 Å². The molecule has 4 aromatic carbocycles. The number of allylic oxidation sites excluding steroid dienone is 4. The molecule has 4 aromatic rings. The van der Waals surface area contributed by atoms with E-state index >= 15 is 0 Å². The quantitative estimate of drug-likeness (QED) is 0.219. The van der Waals surface area contributed by atoms with Gasteiger partial charge in [-0.3, -0.25) is 0 Å². The third kappa shape index (κ3) is 3.95. The minimum absolute atomic E-state index is 0. The maximum absolute atomic E-state index is 5.22. The van der Waals surface area contributed by atoms with Gasteiger partial charge in [-0.1, -0.05) is 0 Å². The second-order valence-electron chi connectivity index (χ2n) is 8.81. The van der Waals surface area contributed by atoms with Crippen molar-refractivity contribution in [1.82, 2.24) is 0 Å². The van der Waals surface area contributed by atoms with Crippen LogP contribution in [0.2, 0.25) is 0 Å². The van der Waals surface area contributed by atoms with Crippen LogP contribution in [0.5, 0.6) is 0 Å². The zero-order chi connectivity index (χ0) is 21.5. The molecule has 0 nitrogen and oxygen atoms in total. The van der Waals surface area contributed by atoms with Crippen molar-refractivity contribution in [2.24, 2.45) is 0 Å². The van der Waals surface area contributed by atoms with Crippen molar-refractivity contribution in [1.29, 1.82) is 0 Å². The maximum atomic E-state index is 5.22. The van der Waals surface area contributed by atoms with E-state index in [9.17, 15) is 0 Å². The second-order valence-corrected chi connectivity index (χ2v) is 17.5. The van der Waals surface area contributed by atoms with E-state index in [0.29, 0.717) is 0 Å². The van der Waals surface area contributed by atoms with Crippen molar-refractivity contribution in [2.75, 3.05) is 0 Å². The Morgan fingerprint density at radius 2 is 1.29 bits per heavy atom. The summed E-state index contributed by atoms with van der Waals surface area (Å²) in [6, 6.07) is 35.7. The van der Waals surface area contributed by atoms with E-state index in [1.165, 1.54) is 36.7 Å². The van der Waals surface area contributed by atoms with Crippen molar-refractivity contribution >= 4 is 35.6 Å². The van der Waals surface area contributed by atoms with E-state index in [0.717, 1.165) is 12.8 Å². The van der Waals surface area contributed by atoms with Gasteiger partial charge in [-0.2, -0.15) is 0 Å². The first kappa shape index (κ1) is 24.8. The molecule has 34 heavy (non-hydrogen) atoms. The molecule has 0 spiro atoms. The molecule has 0 amide bonds. The first-order valence-electron chi connectivity index (χ1n) is 11.3. The van der Waals surface area contributed by atoms with Gasteiger partial charge in [-0.25, -0.2) is 0 Å². The molecule has 0 fully saturated rings. The van der Waals surface area contributed by atoms with E-state index in [4.69, 9.17) is 4.21 Å². The summed E-state index contributed by atoms with van der Waals surface area (Å²) in [6.07, 6.45) is 8.93. The van der Waals surface area contributed by atoms with Crippen LogP contribution in [0.4, 0.5) is 0 Å². The molecule has 0 bridgehead atoms.